The predicted molar refractivity (Wildman–Crippen MR) is 121 cm³/mol. The summed E-state index contributed by atoms with van der Waals surface area (Å²) in [5, 5.41) is 6.67. The highest BCUT2D eigenvalue weighted by molar-refractivity contribution is 14.0. The number of methoxy groups -OCH3 is 1. The smallest absolute Gasteiger partial charge is 0.191 e. The molecule has 6 nitrogen and oxygen atoms in total. The third-order valence-electron chi connectivity index (χ3n) is 4.40. The molecule has 0 saturated carbocycles. The van der Waals surface area contributed by atoms with Crippen molar-refractivity contribution in [1.29, 1.82) is 0 Å². The molecule has 0 amide bonds. The van der Waals surface area contributed by atoms with Gasteiger partial charge in [-0.3, -0.25) is 4.99 Å². The second kappa shape index (κ2) is 10.1. The Bertz CT molecular complexity index is 906. The van der Waals surface area contributed by atoms with E-state index in [1.54, 1.807) is 14.2 Å². The maximum absolute atomic E-state index is 5.39. The van der Waals surface area contributed by atoms with Gasteiger partial charge >= 0.3 is 0 Å². The standard InChI is InChI=1S/C20H25N5O.HI/c1-21-20(22-13-12-15-8-4-7-11-18(15)26-3)23-14-19-24-16-9-5-6-10-17(16)25(19)2;/h4-11H,12-14H2,1-3H3,(H2,21,22,23);1H. The maximum Gasteiger partial charge on any atom is 0.191 e. The summed E-state index contributed by atoms with van der Waals surface area (Å²) < 4.78 is 7.49. The number of nitrogens with one attached hydrogen (secondary N) is 2. The van der Waals surface area contributed by atoms with Crippen molar-refractivity contribution < 1.29 is 4.74 Å². The summed E-state index contributed by atoms with van der Waals surface area (Å²) in [7, 11) is 5.50. The number of para-hydroxylation sites is 3. The van der Waals surface area contributed by atoms with Crippen LogP contribution in [0.3, 0.4) is 0 Å². The SMILES string of the molecule is CN=C(NCCc1ccccc1OC)NCc1nc2ccccc2n1C.I. The second-order valence-corrected chi connectivity index (χ2v) is 5.99. The Kier molecular flexibility index (Phi) is 7.90. The molecule has 0 aliphatic rings. The van der Waals surface area contributed by atoms with Crippen LogP contribution < -0.4 is 15.4 Å². The third-order valence-corrected chi connectivity index (χ3v) is 4.40. The van der Waals surface area contributed by atoms with Crippen LogP contribution in [0.1, 0.15) is 11.4 Å². The number of nitrogens with zero attached hydrogens (tertiary/aromatic N) is 3. The second-order valence-electron chi connectivity index (χ2n) is 5.99. The quantitative estimate of drug-likeness (QED) is 0.324. The first kappa shape index (κ1) is 21.0. The fourth-order valence-corrected chi connectivity index (χ4v) is 2.96. The largest absolute Gasteiger partial charge is 0.496 e. The maximum atomic E-state index is 5.39. The number of hydrogen-bond donors (Lipinski definition) is 2. The molecule has 3 aromatic rings. The van der Waals surface area contributed by atoms with Crippen molar-refractivity contribution in [3.05, 3.63) is 59.9 Å². The first-order valence-corrected chi connectivity index (χ1v) is 8.69. The van der Waals surface area contributed by atoms with Crippen LogP contribution in [-0.4, -0.2) is 36.2 Å². The lowest BCUT2D eigenvalue weighted by molar-refractivity contribution is 0.409. The summed E-state index contributed by atoms with van der Waals surface area (Å²) in [5.41, 5.74) is 3.31. The number of benzene rings is 2. The van der Waals surface area contributed by atoms with Gasteiger partial charge in [0.1, 0.15) is 11.6 Å². The molecule has 1 heterocycles. The van der Waals surface area contributed by atoms with E-state index in [4.69, 9.17) is 4.74 Å². The van der Waals surface area contributed by atoms with Gasteiger partial charge in [-0.1, -0.05) is 30.3 Å². The molecule has 27 heavy (non-hydrogen) atoms. The molecule has 0 radical (unpaired) electrons. The van der Waals surface area contributed by atoms with E-state index < -0.39 is 0 Å². The molecule has 3 rings (SSSR count). The number of fused-ring (bicyclic) bond motifs is 1. The van der Waals surface area contributed by atoms with Crippen LogP contribution in [0.15, 0.2) is 53.5 Å². The van der Waals surface area contributed by atoms with Gasteiger partial charge in [-0.15, -0.1) is 24.0 Å². The van der Waals surface area contributed by atoms with Crippen LogP contribution >= 0.6 is 24.0 Å². The first-order valence-electron chi connectivity index (χ1n) is 8.69. The molecule has 0 unspecified atom stereocenters. The lowest BCUT2D eigenvalue weighted by Gasteiger charge is -2.13. The molecule has 0 bridgehead atoms. The zero-order valence-corrected chi connectivity index (χ0v) is 18.2. The van der Waals surface area contributed by atoms with Gasteiger partial charge in [0.05, 0.1) is 24.7 Å². The van der Waals surface area contributed by atoms with Gasteiger partial charge < -0.3 is 19.9 Å². The van der Waals surface area contributed by atoms with Gasteiger partial charge in [0.2, 0.25) is 0 Å². The minimum atomic E-state index is 0. The molecule has 0 saturated heterocycles. The highest BCUT2D eigenvalue weighted by Crippen LogP contribution is 2.17. The monoisotopic (exact) mass is 479 g/mol. The molecule has 1 aromatic heterocycles. The lowest BCUT2D eigenvalue weighted by Crippen LogP contribution is -2.38. The van der Waals surface area contributed by atoms with Gasteiger partial charge in [-0.25, -0.2) is 4.98 Å². The summed E-state index contributed by atoms with van der Waals surface area (Å²) in [6, 6.07) is 16.2. The van der Waals surface area contributed by atoms with Crippen LogP contribution in [0.4, 0.5) is 0 Å². The van der Waals surface area contributed by atoms with E-state index in [-0.39, 0.29) is 24.0 Å². The highest BCUT2D eigenvalue weighted by atomic mass is 127. The van der Waals surface area contributed by atoms with Crippen molar-refractivity contribution in [3.8, 4) is 5.75 Å². The minimum absolute atomic E-state index is 0. The molecule has 2 N–H and O–H groups in total. The molecule has 144 valence electrons. The zero-order chi connectivity index (χ0) is 18.4. The molecule has 0 atom stereocenters. The molecule has 0 spiro atoms. The van der Waals surface area contributed by atoms with Gasteiger partial charge in [0.15, 0.2) is 5.96 Å². The number of ether oxygens (including phenoxy) is 1. The van der Waals surface area contributed by atoms with Crippen molar-refractivity contribution in [2.24, 2.45) is 12.0 Å². The van der Waals surface area contributed by atoms with Crippen molar-refractivity contribution in [3.63, 3.8) is 0 Å². The number of aliphatic imine (C=N–C) groups is 1. The fourth-order valence-electron chi connectivity index (χ4n) is 2.96. The Hall–Kier alpha value is -2.29. The summed E-state index contributed by atoms with van der Waals surface area (Å²) in [6.45, 7) is 1.38. The fraction of sp³-hybridized carbons (Fsp3) is 0.300. The number of aryl methyl sites for hydroxylation is 1. The predicted octanol–water partition coefficient (Wildman–Crippen LogP) is 3.11. The van der Waals surface area contributed by atoms with Crippen molar-refractivity contribution in [2.75, 3.05) is 20.7 Å². The molecule has 2 aromatic carbocycles. The van der Waals surface area contributed by atoms with Crippen molar-refractivity contribution >= 4 is 41.0 Å². The zero-order valence-electron chi connectivity index (χ0n) is 15.9. The van der Waals surface area contributed by atoms with Crippen LogP contribution in [0.5, 0.6) is 5.75 Å². The number of imidazole rings is 1. The molecule has 0 fully saturated rings. The summed E-state index contributed by atoms with van der Waals surface area (Å²) >= 11 is 0. The van der Waals surface area contributed by atoms with E-state index in [0.29, 0.717) is 6.54 Å². The van der Waals surface area contributed by atoms with Gasteiger partial charge in [-0.05, 0) is 30.2 Å². The minimum Gasteiger partial charge on any atom is -0.496 e. The Labute approximate surface area is 177 Å². The molecular weight excluding hydrogens is 453 g/mol. The van der Waals surface area contributed by atoms with E-state index in [1.165, 1.54) is 5.56 Å². The van der Waals surface area contributed by atoms with E-state index in [1.807, 2.05) is 43.4 Å². The lowest BCUT2D eigenvalue weighted by atomic mass is 10.1. The van der Waals surface area contributed by atoms with Crippen LogP contribution in [0.25, 0.3) is 11.0 Å². The summed E-state index contributed by atoms with van der Waals surface area (Å²) in [5.74, 6) is 2.64. The topological polar surface area (TPSA) is 63.5 Å². The third kappa shape index (κ3) is 5.12. The molecule has 0 aliphatic carbocycles. The van der Waals surface area contributed by atoms with Crippen LogP contribution in [0, 0.1) is 0 Å². The number of aromatic nitrogens is 2. The Balaban J connectivity index is 0.00000261. The van der Waals surface area contributed by atoms with E-state index >= 15 is 0 Å². The van der Waals surface area contributed by atoms with Crippen molar-refractivity contribution in [1.82, 2.24) is 20.2 Å². The van der Waals surface area contributed by atoms with Crippen molar-refractivity contribution in [2.45, 2.75) is 13.0 Å². The van der Waals surface area contributed by atoms with Gasteiger partial charge in [0.25, 0.3) is 0 Å². The Morgan fingerprint density at radius 2 is 1.85 bits per heavy atom. The summed E-state index contributed by atoms with van der Waals surface area (Å²) in [6.07, 6.45) is 0.858. The van der Waals surface area contributed by atoms with E-state index in [0.717, 1.165) is 41.5 Å². The normalized spacial score (nSPS) is 11.1. The van der Waals surface area contributed by atoms with Gasteiger partial charge in [-0.2, -0.15) is 0 Å². The average Bonchev–Trinajstić information content (AvgIpc) is 3.01. The average molecular weight is 479 g/mol. The Morgan fingerprint density at radius 3 is 2.59 bits per heavy atom. The van der Waals surface area contributed by atoms with Crippen LogP contribution in [-0.2, 0) is 20.0 Å². The van der Waals surface area contributed by atoms with Crippen LogP contribution in [0.2, 0.25) is 0 Å². The first-order chi connectivity index (χ1) is 12.7. The number of hydrogen-bond acceptors (Lipinski definition) is 3. The molecular formula is C20H26IN5O. The molecule has 0 aliphatic heterocycles. The number of guanidine groups is 1. The number of rotatable bonds is 6. The van der Waals surface area contributed by atoms with Gasteiger partial charge in [0, 0.05) is 20.6 Å². The molecule has 7 heteroatoms. The van der Waals surface area contributed by atoms with E-state index in [9.17, 15) is 0 Å². The van der Waals surface area contributed by atoms with E-state index in [2.05, 4.69) is 37.3 Å². The Morgan fingerprint density at radius 1 is 1.11 bits per heavy atom. The highest BCUT2D eigenvalue weighted by Gasteiger charge is 2.08. The summed E-state index contributed by atoms with van der Waals surface area (Å²) in [4.78, 5) is 8.96. The number of halogens is 1.